The average Bonchev–Trinajstić information content (AvgIpc) is 2.53. The van der Waals surface area contributed by atoms with E-state index in [1.807, 2.05) is 32.9 Å². The summed E-state index contributed by atoms with van der Waals surface area (Å²) >= 11 is 3.52. The number of ether oxygens (including phenoxy) is 1. The Bertz CT molecular complexity index is 767. The highest BCUT2D eigenvalue weighted by Crippen LogP contribution is 2.28. The van der Waals surface area contributed by atoms with Crippen molar-refractivity contribution in [2.45, 2.75) is 45.3 Å². The van der Waals surface area contributed by atoms with Crippen molar-refractivity contribution in [1.82, 2.24) is 15.3 Å². The number of alkyl carbamates (subject to hydrolysis) is 1. The normalized spacial score (nSPS) is 16.1. The zero-order valence-corrected chi connectivity index (χ0v) is 16.3. The van der Waals surface area contributed by atoms with E-state index in [0.717, 1.165) is 47.1 Å². The molecular weight excluding hydrogens is 384 g/mol. The van der Waals surface area contributed by atoms with Crippen LogP contribution in [-0.4, -0.2) is 40.8 Å². The molecule has 0 aliphatic carbocycles. The standard InChI is InChI=1S/C18H23BrN4O2/c1-18(2,3)25-17(24)22-13-6-8-23(9-7-13)16-14-10-12(19)4-5-15(14)20-11-21-16/h4-5,10-11,13H,6-9H2,1-3H3,(H,22,24). The minimum absolute atomic E-state index is 0.130. The molecule has 0 saturated carbocycles. The van der Waals surface area contributed by atoms with Gasteiger partial charge in [-0.3, -0.25) is 0 Å². The van der Waals surface area contributed by atoms with Crippen LogP contribution in [0.25, 0.3) is 10.9 Å². The first-order chi connectivity index (χ1) is 11.8. The third-order valence-corrected chi connectivity index (χ3v) is 4.58. The van der Waals surface area contributed by atoms with Crippen molar-refractivity contribution in [3.05, 3.63) is 29.0 Å². The fourth-order valence-corrected chi connectivity index (χ4v) is 3.34. The van der Waals surface area contributed by atoms with Crippen LogP contribution < -0.4 is 10.2 Å². The minimum Gasteiger partial charge on any atom is -0.444 e. The van der Waals surface area contributed by atoms with Crippen LogP contribution in [0.15, 0.2) is 29.0 Å². The molecule has 1 aliphatic heterocycles. The number of rotatable bonds is 2. The molecule has 1 aliphatic rings. The summed E-state index contributed by atoms with van der Waals surface area (Å²) in [5.74, 6) is 0.946. The summed E-state index contributed by atoms with van der Waals surface area (Å²) in [4.78, 5) is 23.0. The van der Waals surface area contributed by atoms with Crippen molar-refractivity contribution in [1.29, 1.82) is 0 Å². The molecule has 0 unspecified atom stereocenters. The largest absolute Gasteiger partial charge is 0.444 e. The van der Waals surface area contributed by atoms with Crippen LogP contribution in [-0.2, 0) is 4.74 Å². The van der Waals surface area contributed by atoms with Crippen molar-refractivity contribution in [2.24, 2.45) is 0 Å². The van der Waals surface area contributed by atoms with Crippen LogP contribution in [0.5, 0.6) is 0 Å². The van der Waals surface area contributed by atoms with Gasteiger partial charge in [0.2, 0.25) is 0 Å². The number of hydrogen-bond donors (Lipinski definition) is 1. The number of halogens is 1. The maximum absolute atomic E-state index is 11.9. The molecule has 25 heavy (non-hydrogen) atoms. The highest BCUT2D eigenvalue weighted by molar-refractivity contribution is 9.10. The SMILES string of the molecule is CC(C)(C)OC(=O)NC1CCN(c2ncnc3ccc(Br)cc23)CC1. The molecule has 2 aromatic rings. The molecule has 134 valence electrons. The molecule has 0 atom stereocenters. The zero-order valence-electron chi connectivity index (χ0n) is 14.8. The first kappa shape index (κ1) is 17.9. The molecule has 1 N–H and O–H groups in total. The fraction of sp³-hybridized carbons (Fsp3) is 0.500. The predicted molar refractivity (Wildman–Crippen MR) is 102 cm³/mol. The number of amides is 1. The zero-order chi connectivity index (χ0) is 18.0. The van der Waals surface area contributed by atoms with Crippen molar-refractivity contribution >= 4 is 38.7 Å². The van der Waals surface area contributed by atoms with Crippen molar-refractivity contribution in [3.8, 4) is 0 Å². The number of hydrogen-bond acceptors (Lipinski definition) is 5. The van der Waals surface area contributed by atoms with Crippen molar-refractivity contribution in [2.75, 3.05) is 18.0 Å². The molecule has 1 amide bonds. The van der Waals surface area contributed by atoms with E-state index in [1.165, 1.54) is 0 Å². The van der Waals surface area contributed by atoms with Gasteiger partial charge in [0.1, 0.15) is 17.7 Å². The van der Waals surface area contributed by atoms with Gasteiger partial charge < -0.3 is 15.0 Å². The Kier molecular flexibility index (Phi) is 5.13. The number of piperidine rings is 1. The van der Waals surface area contributed by atoms with Gasteiger partial charge >= 0.3 is 6.09 Å². The summed E-state index contributed by atoms with van der Waals surface area (Å²) in [5, 5.41) is 4.00. The quantitative estimate of drug-likeness (QED) is 0.818. The van der Waals surface area contributed by atoms with E-state index in [1.54, 1.807) is 6.33 Å². The minimum atomic E-state index is -0.474. The van der Waals surface area contributed by atoms with Gasteiger partial charge in [0.25, 0.3) is 0 Å². The molecule has 6 nitrogen and oxygen atoms in total. The molecule has 1 saturated heterocycles. The molecule has 1 aromatic heterocycles. The second kappa shape index (κ2) is 7.15. The Morgan fingerprint density at radius 3 is 2.68 bits per heavy atom. The Morgan fingerprint density at radius 1 is 1.28 bits per heavy atom. The number of carbonyl (C=O) groups excluding carboxylic acids is 1. The summed E-state index contributed by atoms with van der Waals surface area (Å²) < 4.78 is 6.34. The highest BCUT2D eigenvalue weighted by atomic mass is 79.9. The van der Waals surface area contributed by atoms with Gasteiger partial charge in [0, 0.05) is 29.0 Å². The molecule has 0 spiro atoms. The lowest BCUT2D eigenvalue weighted by molar-refractivity contribution is 0.0497. The summed E-state index contributed by atoms with van der Waals surface area (Å²) in [5.41, 5.74) is 0.458. The highest BCUT2D eigenvalue weighted by Gasteiger charge is 2.25. The second-order valence-corrected chi connectivity index (χ2v) is 8.18. The van der Waals surface area contributed by atoms with Gasteiger partial charge in [-0.1, -0.05) is 15.9 Å². The first-order valence-corrected chi connectivity index (χ1v) is 9.26. The number of aromatic nitrogens is 2. The van der Waals surface area contributed by atoms with E-state index in [9.17, 15) is 4.79 Å². The molecule has 0 radical (unpaired) electrons. The van der Waals surface area contributed by atoms with Crippen LogP contribution >= 0.6 is 15.9 Å². The molecular formula is C18H23BrN4O2. The van der Waals surface area contributed by atoms with Gasteiger partial charge in [-0.2, -0.15) is 0 Å². The van der Waals surface area contributed by atoms with Crippen LogP contribution in [0.2, 0.25) is 0 Å². The monoisotopic (exact) mass is 406 g/mol. The molecule has 3 rings (SSSR count). The van der Waals surface area contributed by atoms with Gasteiger partial charge in [-0.15, -0.1) is 0 Å². The number of fused-ring (bicyclic) bond motifs is 1. The van der Waals surface area contributed by atoms with Crippen LogP contribution in [0, 0.1) is 0 Å². The lowest BCUT2D eigenvalue weighted by Gasteiger charge is -2.34. The summed E-state index contributed by atoms with van der Waals surface area (Å²) in [7, 11) is 0. The number of carbonyl (C=O) groups is 1. The van der Waals surface area contributed by atoms with E-state index >= 15 is 0 Å². The Labute approximate surface area is 156 Å². The van der Waals surface area contributed by atoms with Crippen molar-refractivity contribution in [3.63, 3.8) is 0 Å². The lowest BCUT2D eigenvalue weighted by atomic mass is 10.0. The van der Waals surface area contributed by atoms with Crippen molar-refractivity contribution < 1.29 is 9.53 Å². The topological polar surface area (TPSA) is 67.3 Å². The predicted octanol–water partition coefficient (Wildman–Crippen LogP) is 3.89. The third kappa shape index (κ3) is 4.60. The lowest BCUT2D eigenvalue weighted by Crippen LogP contribution is -2.46. The van der Waals surface area contributed by atoms with Gasteiger partial charge in [0.15, 0.2) is 0 Å². The van der Waals surface area contributed by atoms with E-state index in [2.05, 4.69) is 42.2 Å². The fourth-order valence-electron chi connectivity index (χ4n) is 2.98. The maximum Gasteiger partial charge on any atom is 0.407 e. The van der Waals surface area contributed by atoms with E-state index in [0.29, 0.717) is 0 Å². The Hall–Kier alpha value is -1.89. The molecule has 1 aromatic carbocycles. The molecule has 1 fully saturated rings. The van der Waals surface area contributed by atoms with E-state index in [-0.39, 0.29) is 12.1 Å². The average molecular weight is 407 g/mol. The van der Waals surface area contributed by atoms with Gasteiger partial charge in [-0.25, -0.2) is 14.8 Å². The smallest absolute Gasteiger partial charge is 0.407 e. The summed E-state index contributed by atoms with van der Waals surface area (Å²) in [6.07, 6.45) is 2.98. The van der Waals surface area contributed by atoms with Gasteiger partial charge in [-0.05, 0) is 51.8 Å². The number of benzene rings is 1. The Morgan fingerprint density at radius 2 is 2.00 bits per heavy atom. The molecule has 2 heterocycles. The summed E-state index contributed by atoms with van der Waals surface area (Å²) in [6.45, 7) is 7.27. The van der Waals surface area contributed by atoms with Gasteiger partial charge in [0.05, 0.1) is 5.52 Å². The molecule has 7 heteroatoms. The number of anilines is 1. The number of nitrogens with one attached hydrogen (secondary N) is 1. The molecule has 0 bridgehead atoms. The summed E-state index contributed by atoms with van der Waals surface area (Å²) in [6, 6.07) is 6.15. The first-order valence-electron chi connectivity index (χ1n) is 8.46. The van der Waals surface area contributed by atoms with E-state index < -0.39 is 5.60 Å². The van der Waals surface area contributed by atoms with E-state index in [4.69, 9.17) is 4.74 Å². The van der Waals surface area contributed by atoms with Crippen LogP contribution in [0.1, 0.15) is 33.6 Å². The Balaban J connectivity index is 1.65. The number of nitrogens with zero attached hydrogens (tertiary/aromatic N) is 3. The maximum atomic E-state index is 11.9. The second-order valence-electron chi connectivity index (χ2n) is 7.27. The van der Waals surface area contributed by atoms with Crippen LogP contribution in [0.3, 0.4) is 0 Å². The third-order valence-electron chi connectivity index (χ3n) is 4.09. The van der Waals surface area contributed by atoms with Crippen LogP contribution in [0.4, 0.5) is 10.6 Å².